The second kappa shape index (κ2) is 50.3. The molecule has 0 aliphatic carbocycles. The van der Waals surface area contributed by atoms with Crippen LogP contribution >= 0.6 is 0 Å². The van der Waals surface area contributed by atoms with E-state index in [9.17, 15) is 45.6 Å². The standard InChI is InChI=1S/C64H123NO13/c1-3-5-7-9-11-13-15-17-19-21-22-23-24-25-26-27-28-29-30-32-34-36-38-40-42-44-46-48-56(69)65-52(53(68)47-45-43-41-39-37-35-33-31-20-18-16-14-12-10-8-6-4-2)51-75-63-61(74)59(72)62(55(50-67)77-63)78-64-60(73)58(71)57(70)54(49-66)76-64/h45,47,52-55,57-64,66-68,70-74H,3-44,46,48-51H2,1-2H3,(H,65,69)/b47-45+/t52-,53+,54+,55+,57-,58?,59?,60?,61?,62+,63+,64-/m0/s1. The SMILES string of the molecule is CCCCCCCCCCCCCCCCC/C=C/[C@@H](O)[C@H](CO[C@@H]1O[C@H](CO)[C@@H](O[C@@H]2O[C@H](CO)[C@H](O)C(O)C2O)C(O)C1O)NC(=O)CCCCCCCCCCCCCCCCCCCCCCCCCCCCC. The van der Waals surface area contributed by atoms with E-state index in [1.54, 1.807) is 6.08 Å². The van der Waals surface area contributed by atoms with Crippen LogP contribution in [0.4, 0.5) is 0 Å². The van der Waals surface area contributed by atoms with Gasteiger partial charge in [-0.15, -0.1) is 0 Å². The number of unbranched alkanes of at least 4 members (excludes halogenated alkanes) is 41. The fraction of sp³-hybridized carbons (Fsp3) is 0.953. The lowest BCUT2D eigenvalue weighted by Crippen LogP contribution is -2.65. The number of amides is 1. The van der Waals surface area contributed by atoms with Crippen molar-refractivity contribution in [3.05, 3.63) is 12.2 Å². The van der Waals surface area contributed by atoms with E-state index in [1.807, 2.05) is 6.08 Å². The second-order valence-electron chi connectivity index (χ2n) is 23.6. The molecular formula is C64H123NO13. The highest BCUT2D eigenvalue weighted by molar-refractivity contribution is 5.76. The van der Waals surface area contributed by atoms with E-state index >= 15 is 0 Å². The fourth-order valence-corrected chi connectivity index (χ4v) is 11.2. The molecule has 14 heteroatoms. The van der Waals surface area contributed by atoms with Crippen molar-refractivity contribution in [1.29, 1.82) is 0 Å². The lowest BCUT2D eigenvalue weighted by Gasteiger charge is -2.46. The van der Waals surface area contributed by atoms with Gasteiger partial charge in [0.05, 0.1) is 32.0 Å². The van der Waals surface area contributed by atoms with Crippen LogP contribution in [0.1, 0.15) is 296 Å². The number of ether oxygens (including phenoxy) is 4. The maximum atomic E-state index is 13.3. The van der Waals surface area contributed by atoms with Crippen LogP contribution in [0, 0.1) is 0 Å². The Morgan fingerprint density at radius 1 is 0.449 bits per heavy atom. The van der Waals surface area contributed by atoms with E-state index < -0.39 is 86.8 Å². The summed E-state index contributed by atoms with van der Waals surface area (Å²) < 4.78 is 22.8. The summed E-state index contributed by atoms with van der Waals surface area (Å²) in [5, 5.41) is 87.2. The van der Waals surface area contributed by atoms with Gasteiger partial charge >= 0.3 is 0 Å². The summed E-state index contributed by atoms with van der Waals surface area (Å²) in [7, 11) is 0. The van der Waals surface area contributed by atoms with Gasteiger partial charge in [-0.05, 0) is 19.3 Å². The van der Waals surface area contributed by atoms with Gasteiger partial charge in [0, 0.05) is 6.42 Å². The van der Waals surface area contributed by atoms with Crippen molar-refractivity contribution in [2.45, 2.75) is 370 Å². The summed E-state index contributed by atoms with van der Waals surface area (Å²) in [5.41, 5.74) is 0. The summed E-state index contributed by atoms with van der Waals surface area (Å²) in [5.74, 6) is -0.232. The molecule has 78 heavy (non-hydrogen) atoms. The number of aliphatic hydroxyl groups is 8. The van der Waals surface area contributed by atoms with Crippen molar-refractivity contribution in [2.24, 2.45) is 0 Å². The Balaban J connectivity index is 1.69. The zero-order valence-electron chi connectivity index (χ0n) is 49.9. The Labute approximate surface area is 476 Å². The zero-order valence-corrected chi connectivity index (χ0v) is 49.9. The number of nitrogens with one attached hydrogen (secondary N) is 1. The number of carbonyl (C=O) groups is 1. The van der Waals surface area contributed by atoms with Crippen LogP contribution in [0.15, 0.2) is 12.2 Å². The molecule has 0 aromatic heterocycles. The van der Waals surface area contributed by atoms with Gasteiger partial charge in [-0.1, -0.05) is 283 Å². The quantitative estimate of drug-likeness (QED) is 0.0204. The average Bonchev–Trinajstić information content (AvgIpc) is 3.48. The molecule has 462 valence electrons. The van der Waals surface area contributed by atoms with E-state index in [4.69, 9.17) is 18.9 Å². The average molecular weight is 1110 g/mol. The van der Waals surface area contributed by atoms with Crippen LogP contribution in [-0.4, -0.2) is 140 Å². The van der Waals surface area contributed by atoms with E-state index in [0.29, 0.717) is 6.42 Å². The van der Waals surface area contributed by atoms with Gasteiger partial charge in [-0.3, -0.25) is 4.79 Å². The topological polar surface area (TPSA) is 228 Å². The summed E-state index contributed by atoms with van der Waals surface area (Å²) in [4.78, 5) is 13.3. The molecule has 0 aromatic rings. The Bertz CT molecular complexity index is 1360. The van der Waals surface area contributed by atoms with Crippen LogP contribution < -0.4 is 5.32 Å². The molecule has 0 spiro atoms. The smallest absolute Gasteiger partial charge is 0.220 e. The molecule has 2 fully saturated rings. The van der Waals surface area contributed by atoms with Gasteiger partial charge in [0.2, 0.25) is 5.91 Å². The first kappa shape index (κ1) is 72.8. The molecular weight excluding hydrogens is 991 g/mol. The lowest BCUT2D eigenvalue weighted by molar-refractivity contribution is -0.359. The third-order valence-corrected chi connectivity index (χ3v) is 16.5. The summed E-state index contributed by atoms with van der Waals surface area (Å²) in [6, 6.07) is -0.910. The predicted molar refractivity (Wildman–Crippen MR) is 314 cm³/mol. The largest absolute Gasteiger partial charge is 0.394 e. The maximum absolute atomic E-state index is 13.3. The van der Waals surface area contributed by atoms with Gasteiger partial charge in [0.15, 0.2) is 12.6 Å². The van der Waals surface area contributed by atoms with E-state index in [0.717, 1.165) is 38.5 Å². The molecule has 2 aliphatic rings. The van der Waals surface area contributed by atoms with E-state index in [-0.39, 0.29) is 18.9 Å². The summed E-state index contributed by atoms with van der Waals surface area (Å²) in [6.45, 7) is 2.84. The van der Waals surface area contributed by atoms with E-state index in [2.05, 4.69) is 19.2 Å². The maximum Gasteiger partial charge on any atom is 0.220 e. The van der Waals surface area contributed by atoms with Crippen LogP contribution in [0.3, 0.4) is 0 Å². The summed E-state index contributed by atoms with van der Waals surface area (Å²) >= 11 is 0. The van der Waals surface area contributed by atoms with Gasteiger partial charge in [-0.25, -0.2) is 0 Å². The minimum absolute atomic E-state index is 0.232. The number of rotatable bonds is 54. The molecule has 2 aliphatic heterocycles. The summed E-state index contributed by atoms with van der Waals surface area (Å²) in [6.07, 6.45) is 42.6. The van der Waals surface area contributed by atoms with Crippen molar-refractivity contribution in [3.8, 4) is 0 Å². The first-order valence-electron chi connectivity index (χ1n) is 32.9. The molecule has 2 heterocycles. The Morgan fingerprint density at radius 3 is 1.18 bits per heavy atom. The Kier molecular flexibility index (Phi) is 46.9. The second-order valence-corrected chi connectivity index (χ2v) is 23.6. The van der Waals surface area contributed by atoms with Crippen molar-refractivity contribution in [1.82, 2.24) is 5.32 Å². The highest BCUT2D eigenvalue weighted by Crippen LogP contribution is 2.30. The Morgan fingerprint density at radius 2 is 0.795 bits per heavy atom. The predicted octanol–water partition coefficient (Wildman–Crippen LogP) is 12.2. The molecule has 14 nitrogen and oxygen atoms in total. The molecule has 0 aromatic carbocycles. The fourth-order valence-electron chi connectivity index (χ4n) is 11.2. The zero-order chi connectivity index (χ0) is 56.7. The molecule has 2 saturated heterocycles. The van der Waals surface area contributed by atoms with Crippen LogP contribution in [-0.2, 0) is 23.7 Å². The molecule has 1 amide bonds. The lowest BCUT2D eigenvalue weighted by atomic mass is 9.97. The van der Waals surface area contributed by atoms with Gasteiger partial charge in [0.1, 0.15) is 48.8 Å². The number of hydrogen-bond acceptors (Lipinski definition) is 13. The highest BCUT2D eigenvalue weighted by Gasteiger charge is 2.51. The normalized spacial score (nSPS) is 24.5. The molecule has 0 bridgehead atoms. The molecule has 12 atom stereocenters. The van der Waals surface area contributed by atoms with Gasteiger partial charge in [0.25, 0.3) is 0 Å². The number of hydrogen-bond donors (Lipinski definition) is 9. The minimum atomic E-state index is -1.79. The molecule has 2 rings (SSSR count). The first-order valence-corrected chi connectivity index (χ1v) is 32.9. The monoisotopic (exact) mass is 1110 g/mol. The van der Waals surface area contributed by atoms with Gasteiger partial charge < -0.3 is 65.1 Å². The number of carbonyl (C=O) groups excluding carboxylic acids is 1. The van der Waals surface area contributed by atoms with Crippen LogP contribution in [0.25, 0.3) is 0 Å². The van der Waals surface area contributed by atoms with Crippen molar-refractivity contribution >= 4 is 5.91 Å². The third-order valence-electron chi connectivity index (χ3n) is 16.5. The third kappa shape index (κ3) is 35.0. The van der Waals surface area contributed by atoms with Gasteiger partial charge in [-0.2, -0.15) is 0 Å². The molecule has 0 saturated carbocycles. The number of allylic oxidation sites excluding steroid dienone is 1. The van der Waals surface area contributed by atoms with E-state index in [1.165, 1.54) is 231 Å². The van der Waals surface area contributed by atoms with Crippen molar-refractivity contribution in [3.63, 3.8) is 0 Å². The number of aliphatic hydroxyl groups excluding tert-OH is 8. The first-order chi connectivity index (χ1) is 38.1. The molecule has 4 unspecified atom stereocenters. The minimum Gasteiger partial charge on any atom is -0.394 e. The van der Waals surface area contributed by atoms with Crippen LogP contribution in [0.5, 0.6) is 0 Å². The van der Waals surface area contributed by atoms with Crippen molar-refractivity contribution < 1.29 is 64.6 Å². The van der Waals surface area contributed by atoms with Crippen molar-refractivity contribution in [2.75, 3.05) is 19.8 Å². The van der Waals surface area contributed by atoms with Crippen LogP contribution in [0.2, 0.25) is 0 Å². The molecule has 9 N–H and O–H groups in total. The highest BCUT2D eigenvalue weighted by atomic mass is 16.7. The Hall–Kier alpha value is -1.27. The molecule has 0 radical (unpaired) electrons.